The zero-order valence-electron chi connectivity index (χ0n) is 13.1. The Hall–Kier alpha value is -2.44. The first-order chi connectivity index (χ1) is 11.5. The van der Waals surface area contributed by atoms with E-state index in [-0.39, 0.29) is 6.03 Å². The molecule has 1 heterocycles. The predicted octanol–water partition coefficient (Wildman–Crippen LogP) is 5.12. The van der Waals surface area contributed by atoms with Crippen molar-refractivity contribution in [2.75, 3.05) is 10.6 Å². The molecule has 24 heavy (non-hydrogen) atoms. The third kappa shape index (κ3) is 3.72. The van der Waals surface area contributed by atoms with Gasteiger partial charge in [-0.05, 0) is 43.2 Å². The minimum Gasteiger partial charge on any atom is -0.308 e. The van der Waals surface area contributed by atoms with Crippen molar-refractivity contribution < 1.29 is 4.79 Å². The maximum atomic E-state index is 12.1. The van der Waals surface area contributed by atoms with Crippen molar-refractivity contribution in [2.24, 2.45) is 0 Å². The van der Waals surface area contributed by atoms with E-state index in [1.54, 1.807) is 6.07 Å². The largest absolute Gasteiger partial charge is 0.325 e. The van der Waals surface area contributed by atoms with E-state index >= 15 is 0 Å². The maximum Gasteiger partial charge on any atom is 0.325 e. The van der Waals surface area contributed by atoms with Gasteiger partial charge < -0.3 is 5.32 Å². The maximum absolute atomic E-state index is 12.1. The molecule has 0 aliphatic rings. The lowest BCUT2D eigenvalue weighted by molar-refractivity contribution is 0.262. The molecule has 0 radical (unpaired) electrons. The fourth-order valence-electron chi connectivity index (χ4n) is 2.10. The van der Waals surface area contributed by atoms with Gasteiger partial charge in [0.1, 0.15) is 0 Å². The molecule has 3 aromatic rings. The summed E-state index contributed by atoms with van der Waals surface area (Å²) in [6.45, 7) is 4.02. The molecular weight excluding hydrogens is 344 g/mol. The van der Waals surface area contributed by atoms with Crippen molar-refractivity contribution in [3.8, 4) is 10.6 Å². The van der Waals surface area contributed by atoms with Crippen LogP contribution in [0, 0.1) is 13.8 Å². The van der Waals surface area contributed by atoms with Crippen molar-refractivity contribution in [1.29, 1.82) is 0 Å². The minimum atomic E-state index is -0.361. The molecule has 0 fully saturated rings. The summed E-state index contributed by atoms with van der Waals surface area (Å²) in [4.78, 5) is 12.1. The third-order valence-corrected chi connectivity index (χ3v) is 4.72. The number of aromatic nitrogens is 2. The molecule has 122 valence electrons. The average molecular weight is 359 g/mol. The summed E-state index contributed by atoms with van der Waals surface area (Å²) in [5, 5.41) is 15.2. The SMILES string of the molecule is Cc1ccc(NC(=O)Nc2nnc(-c3ccccc3Cl)s2)cc1C. The van der Waals surface area contributed by atoms with Crippen LogP contribution in [0.1, 0.15) is 11.1 Å². The lowest BCUT2D eigenvalue weighted by Gasteiger charge is -2.07. The number of urea groups is 1. The van der Waals surface area contributed by atoms with Crippen LogP contribution in [0.5, 0.6) is 0 Å². The van der Waals surface area contributed by atoms with Crippen LogP contribution in [0.3, 0.4) is 0 Å². The van der Waals surface area contributed by atoms with Gasteiger partial charge in [-0.2, -0.15) is 0 Å². The van der Waals surface area contributed by atoms with Crippen molar-refractivity contribution in [3.05, 3.63) is 58.6 Å². The second kappa shape index (κ2) is 6.98. The number of hydrogen-bond donors (Lipinski definition) is 2. The van der Waals surface area contributed by atoms with Gasteiger partial charge in [-0.3, -0.25) is 5.32 Å². The molecule has 0 unspecified atom stereocenters. The van der Waals surface area contributed by atoms with Crippen LogP contribution in [-0.2, 0) is 0 Å². The summed E-state index contributed by atoms with van der Waals surface area (Å²) >= 11 is 7.41. The number of benzene rings is 2. The van der Waals surface area contributed by atoms with E-state index in [4.69, 9.17) is 11.6 Å². The number of nitrogens with zero attached hydrogens (tertiary/aromatic N) is 2. The highest BCUT2D eigenvalue weighted by Gasteiger charge is 2.12. The average Bonchev–Trinajstić information content (AvgIpc) is 2.99. The first kappa shape index (κ1) is 16.4. The van der Waals surface area contributed by atoms with Gasteiger partial charge in [0.05, 0.1) is 5.02 Å². The van der Waals surface area contributed by atoms with Gasteiger partial charge in [0, 0.05) is 11.3 Å². The first-order valence-electron chi connectivity index (χ1n) is 7.26. The van der Waals surface area contributed by atoms with Gasteiger partial charge in [-0.1, -0.05) is 47.2 Å². The predicted molar refractivity (Wildman–Crippen MR) is 98.9 cm³/mol. The number of nitrogens with one attached hydrogen (secondary N) is 2. The van der Waals surface area contributed by atoms with E-state index in [1.165, 1.54) is 16.9 Å². The van der Waals surface area contributed by atoms with E-state index in [9.17, 15) is 4.79 Å². The number of carbonyl (C=O) groups excluding carboxylic acids is 1. The second-order valence-electron chi connectivity index (χ2n) is 5.27. The van der Waals surface area contributed by atoms with E-state index in [0.717, 1.165) is 16.8 Å². The molecule has 2 amide bonds. The van der Waals surface area contributed by atoms with Gasteiger partial charge in [0.25, 0.3) is 0 Å². The molecule has 0 atom stereocenters. The van der Waals surface area contributed by atoms with Gasteiger partial charge in [0.15, 0.2) is 5.01 Å². The topological polar surface area (TPSA) is 66.9 Å². The molecule has 3 rings (SSSR count). The van der Waals surface area contributed by atoms with Crippen molar-refractivity contribution >= 4 is 39.8 Å². The summed E-state index contributed by atoms with van der Waals surface area (Å²) in [5.41, 5.74) is 3.81. The highest BCUT2D eigenvalue weighted by atomic mass is 35.5. The quantitative estimate of drug-likeness (QED) is 0.682. The third-order valence-electron chi connectivity index (χ3n) is 3.51. The molecule has 0 bridgehead atoms. The number of carbonyl (C=O) groups is 1. The smallest absolute Gasteiger partial charge is 0.308 e. The number of amides is 2. The van der Waals surface area contributed by atoms with Gasteiger partial charge >= 0.3 is 6.03 Å². The Morgan fingerprint density at radius 3 is 2.58 bits per heavy atom. The molecule has 0 spiro atoms. The second-order valence-corrected chi connectivity index (χ2v) is 6.66. The zero-order valence-corrected chi connectivity index (χ0v) is 14.7. The molecule has 0 aliphatic carbocycles. The fraction of sp³-hybridized carbons (Fsp3) is 0.118. The van der Waals surface area contributed by atoms with Crippen LogP contribution in [0.4, 0.5) is 15.6 Å². The Morgan fingerprint density at radius 1 is 1.04 bits per heavy atom. The molecule has 2 N–H and O–H groups in total. The Morgan fingerprint density at radius 2 is 1.83 bits per heavy atom. The number of aryl methyl sites for hydroxylation is 2. The van der Waals surface area contributed by atoms with Gasteiger partial charge in [-0.25, -0.2) is 4.79 Å². The van der Waals surface area contributed by atoms with Crippen molar-refractivity contribution in [3.63, 3.8) is 0 Å². The minimum absolute atomic E-state index is 0.361. The Bertz CT molecular complexity index is 894. The molecule has 0 saturated carbocycles. The Balaban J connectivity index is 1.69. The van der Waals surface area contributed by atoms with Crippen molar-refractivity contribution in [1.82, 2.24) is 10.2 Å². The van der Waals surface area contributed by atoms with Crippen LogP contribution in [-0.4, -0.2) is 16.2 Å². The van der Waals surface area contributed by atoms with E-state index < -0.39 is 0 Å². The van der Waals surface area contributed by atoms with Gasteiger partial charge in [0.2, 0.25) is 5.13 Å². The van der Waals surface area contributed by atoms with Crippen molar-refractivity contribution in [2.45, 2.75) is 13.8 Å². The van der Waals surface area contributed by atoms with Crippen LogP contribution < -0.4 is 10.6 Å². The summed E-state index contributed by atoms with van der Waals surface area (Å²) in [7, 11) is 0. The highest BCUT2D eigenvalue weighted by Crippen LogP contribution is 2.31. The van der Waals surface area contributed by atoms with E-state index in [1.807, 2.05) is 50.2 Å². The lowest BCUT2D eigenvalue weighted by atomic mass is 10.1. The summed E-state index contributed by atoms with van der Waals surface area (Å²) in [5.74, 6) is 0. The highest BCUT2D eigenvalue weighted by molar-refractivity contribution is 7.18. The zero-order chi connectivity index (χ0) is 17.1. The monoisotopic (exact) mass is 358 g/mol. The number of anilines is 2. The normalized spacial score (nSPS) is 10.5. The standard InChI is InChI=1S/C17H15ClN4OS/c1-10-7-8-12(9-11(10)2)19-16(23)20-17-22-21-15(24-17)13-5-3-4-6-14(13)18/h3-9H,1-2H3,(H2,19,20,22,23). The Labute approximate surface area is 148 Å². The number of hydrogen-bond acceptors (Lipinski definition) is 4. The van der Waals surface area contributed by atoms with Crippen LogP contribution in [0.15, 0.2) is 42.5 Å². The molecule has 5 nitrogen and oxygen atoms in total. The summed E-state index contributed by atoms with van der Waals surface area (Å²) in [6.07, 6.45) is 0. The molecular formula is C17H15ClN4OS. The van der Waals surface area contributed by atoms with Gasteiger partial charge in [-0.15, -0.1) is 10.2 Å². The summed E-state index contributed by atoms with van der Waals surface area (Å²) in [6, 6.07) is 12.8. The summed E-state index contributed by atoms with van der Waals surface area (Å²) < 4.78 is 0. The molecule has 0 aliphatic heterocycles. The van der Waals surface area contributed by atoms with E-state index in [0.29, 0.717) is 15.2 Å². The molecule has 7 heteroatoms. The number of halogens is 1. The lowest BCUT2D eigenvalue weighted by Crippen LogP contribution is -2.19. The van der Waals surface area contributed by atoms with E-state index in [2.05, 4.69) is 20.8 Å². The Kier molecular flexibility index (Phi) is 4.78. The molecule has 2 aromatic carbocycles. The van der Waals surface area contributed by atoms with Crippen LogP contribution in [0.25, 0.3) is 10.6 Å². The molecule has 1 aromatic heterocycles. The fourth-order valence-corrected chi connectivity index (χ4v) is 3.16. The van der Waals surface area contributed by atoms with Crippen LogP contribution in [0.2, 0.25) is 5.02 Å². The van der Waals surface area contributed by atoms with Crippen LogP contribution >= 0.6 is 22.9 Å². The first-order valence-corrected chi connectivity index (χ1v) is 8.46. The number of rotatable bonds is 3. The molecule has 0 saturated heterocycles.